The van der Waals surface area contributed by atoms with Crippen LogP contribution < -0.4 is 0 Å². The Labute approximate surface area is 61.2 Å². The summed E-state index contributed by atoms with van der Waals surface area (Å²) in [6.07, 6.45) is 2.72. The van der Waals surface area contributed by atoms with Gasteiger partial charge < -0.3 is 5.11 Å². The molecule has 0 aromatic heterocycles. The van der Waals surface area contributed by atoms with Crippen molar-refractivity contribution < 1.29 is 9.90 Å². The summed E-state index contributed by atoms with van der Waals surface area (Å²) in [6, 6.07) is 0. The number of aliphatic hydroxyl groups is 1. The van der Waals surface area contributed by atoms with Crippen LogP contribution in [0.4, 0.5) is 0 Å². The second-order valence-electron chi connectivity index (χ2n) is 3.02. The number of hydrogen-bond donors (Lipinski definition) is 1. The van der Waals surface area contributed by atoms with Gasteiger partial charge in [0.15, 0.2) is 0 Å². The number of Topliss-reactive ketones (excluding diaryl/α,β-unsaturated/α-hetero) is 1. The molecule has 1 aliphatic rings. The fourth-order valence-corrected chi connectivity index (χ4v) is 1.50. The second-order valence-corrected chi connectivity index (χ2v) is 3.02. The molecule has 0 aromatic carbocycles. The number of carbonyl (C=O) groups excluding carboxylic acids is 1. The third kappa shape index (κ3) is 1.57. The van der Waals surface area contributed by atoms with Gasteiger partial charge in [0, 0.05) is 12.8 Å². The summed E-state index contributed by atoms with van der Waals surface area (Å²) in [6.45, 7) is 1.95. The molecule has 0 saturated heterocycles. The highest BCUT2D eigenvalue weighted by Crippen LogP contribution is 2.26. The fraction of sp³-hybridized carbons (Fsp3) is 0.875. The van der Waals surface area contributed by atoms with Gasteiger partial charge in [-0.3, -0.25) is 4.79 Å². The van der Waals surface area contributed by atoms with Crippen molar-refractivity contribution in [3.05, 3.63) is 0 Å². The first-order valence-corrected chi connectivity index (χ1v) is 3.93. The highest BCUT2D eigenvalue weighted by molar-refractivity contribution is 5.80. The fourth-order valence-electron chi connectivity index (χ4n) is 1.50. The average Bonchev–Trinajstić information content (AvgIpc) is 2.34. The minimum atomic E-state index is -0.244. The summed E-state index contributed by atoms with van der Waals surface area (Å²) in [5.74, 6) is 0.579. The van der Waals surface area contributed by atoms with Crippen LogP contribution in [0.5, 0.6) is 0 Å². The molecule has 0 radical (unpaired) electrons. The first-order chi connectivity index (χ1) is 4.74. The van der Waals surface area contributed by atoms with Crippen LogP contribution in [0.3, 0.4) is 0 Å². The Kier molecular flexibility index (Phi) is 2.44. The molecule has 0 heterocycles. The summed E-state index contributed by atoms with van der Waals surface area (Å²) in [4.78, 5) is 10.8. The Bertz CT molecular complexity index is 131. The molecule has 2 heteroatoms. The van der Waals surface area contributed by atoms with Crippen molar-refractivity contribution in [2.75, 3.05) is 0 Å². The summed E-state index contributed by atoms with van der Waals surface area (Å²) in [7, 11) is 0. The lowest BCUT2D eigenvalue weighted by atomic mass is 9.99. The molecule has 1 rings (SSSR count). The molecule has 1 fully saturated rings. The zero-order valence-electron chi connectivity index (χ0n) is 6.34. The van der Waals surface area contributed by atoms with Crippen molar-refractivity contribution in [3.63, 3.8) is 0 Å². The normalized spacial score (nSPS) is 29.0. The van der Waals surface area contributed by atoms with Gasteiger partial charge in [-0.05, 0) is 18.8 Å². The third-order valence-corrected chi connectivity index (χ3v) is 2.25. The number of ketones is 1. The summed E-state index contributed by atoms with van der Waals surface area (Å²) in [5, 5.41) is 9.32. The zero-order valence-corrected chi connectivity index (χ0v) is 6.34. The van der Waals surface area contributed by atoms with Crippen LogP contribution in [0.2, 0.25) is 0 Å². The van der Waals surface area contributed by atoms with E-state index in [1.165, 1.54) is 0 Å². The monoisotopic (exact) mass is 142 g/mol. The van der Waals surface area contributed by atoms with E-state index in [9.17, 15) is 9.90 Å². The van der Waals surface area contributed by atoms with E-state index in [-0.39, 0.29) is 12.0 Å². The zero-order chi connectivity index (χ0) is 7.56. The molecule has 1 aliphatic carbocycles. The number of carbonyl (C=O) groups is 1. The number of rotatable bonds is 2. The third-order valence-electron chi connectivity index (χ3n) is 2.25. The molecule has 1 N–H and O–H groups in total. The molecular weight excluding hydrogens is 128 g/mol. The van der Waals surface area contributed by atoms with Crippen LogP contribution in [0, 0.1) is 5.92 Å². The second kappa shape index (κ2) is 3.15. The van der Waals surface area contributed by atoms with E-state index < -0.39 is 0 Å². The van der Waals surface area contributed by atoms with Crippen LogP contribution in [-0.4, -0.2) is 17.0 Å². The highest BCUT2D eigenvalue weighted by Gasteiger charge is 2.26. The van der Waals surface area contributed by atoms with Gasteiger partial charge in [0.1, 0.15) is 5.78 Å². The van der Waals surface area contributed by atoms with E-state index in [1.807, 2.05) is 6.92 Å². The maximum absolute atomic E-state index is 10.8. The van der Waals surface area contributed by atoms with Gasteiger partial charge >= 0.3 is 0 Å². The topological polar surface area (TPSA) is 37.3 Å². The van der Waals surface area contributed by atoms with Crippen molar-refractivity contribution >= 4 is 5.78 Å². The van der Waals surface area contributed by atoms with Gasteiger partial charge in [-0.15, -0.1) is 0 Å². The minimum Gasteiger partial charge on any atom is -0.393 e. The summed E-state index contributed by atoms with van der Waals surface area (Å²) < 4.78 is 0. The van der Waals surface area contributed by atoms with Crippen molar-refractivity contribution in [1.82, 2.24) is 0 Å². The van der Waals surface area contributed by atoms with Crippen LogP contribution in [-0.2, 0) is 4.79 Å². The highest BCUT2D eigenvalue weighted by atomic mass is 16.3. The molecule has 58 valence electrons. The Morgan fingerprint density at radius 1 is 1.80 bits per heavy atom. The van der Waals surface area contributed by atoms with Gasteiger partial charge in [-0.2, -0.15) is 0 Å². The van der Waals surface area contributed by atoms with Crippen molar-refractivity contribution in [2.24, 2.45) is 5.92 Å². The Morgan fingerprint density at radius 3 is 2.90 bits per heavy atom. The Balaban J connectivity index is 2.36. The van der Waals surface area contributed by atoms with Gasteiger partial charge in [-0.1, -0.05) is 6.92 Å². The number of aliphatic hydroxyl groups excluding tert-OH is 1. The van der Waals surface area contributed by atoms with Gasteiger partial charge in [0.05, 0.1) is 6.10 Å². The molecule has 2 nitrogen and oxygen atoms in total. The lowest BCUT2D eigenvalue weighted by Crippen LogP contribution is -2.16. The van der Waals surface area contributed by atoms with Crippen LogP contribution in [0.25, 0.3) is 0 Å². The van der Waals surface area contributed by atoms with E-state index in [1.54, 1.807) is 0 Å². The van der Waals surface area contributed by atoms with Crippen LogP contribution >= 0.6 is 0 Å². The Morgan fingerprint density at radius 2 is 2.50 bits per heavy atom. The molecule has 2 atom stereocenters. The Hall–Kier alpha value is -0.370. The molecule has 0 aliphatic heterocycles. The number of hydrogen-bond acceptors (Lipinski definition) is 2. The largest absolute Gasteiger partial charge is 0.393 e. The van der Waals surface area contributed by atoms with E-state index in [4.69, 9.17) is 0 Å². The van der Waals surface area contributed by atoms with Gasteiger partial charge in [0.25, 0.3) is 0 Å². The van der Waals surface area contributed by atoms with E-state index >= 15 is 0 Å². The van der Waals surface area contributed by atoms with Crippen LogP contribution in [0.1, 0.15) is 32.6 Å². The standard InChI is InChI=1S/C8H14O2/c1-2-8(10)6-3-4-7(9)5-6/h6,8,10H,2-5H2,1H3/t6-,8-/m0/s1. The lowest BCUT2D eigenvalue weighted by Gasteiger charge is -2.13. The molecule has 0 unspecified atom stereocenters. The van der Waals surface area contributed by atoms with Crippen molar-refractivity contribution in [2.45, 2.75) is 38.7 Å². The molecular formula is C8H14O2. The first-order valence-electron chi connectivity index (χ1n) is 3.93. The SMILES string of the molecule is CC[C@H](O)[C@H]1CCC(=O)C1. The minimum absolute atomic E-state index is 0.244. The molecule has 0 bridgehead atoms. The van der Waals surface area contributed by atoms with E-state index in [2.05, 4.69) is 0 Å². The maximum atomic E-state index is 10.8. The van der Waals surface area contributed by atoms with E-state index in [0.29, 0.717) is 18.6 Å². The van der Waals surface area contributed by atoms with Gasteiger partial charge in [-0.25, -0.2) is 0 Å². The predicted molar refractivity (Wildman–Crippen MR) is 38.6 cm³/mol. The van der Waals surface area contributed by atoms with Gasteiger partial charge in [0.2, 0.25) is 0 Å². The summed E-state index contributed by atoms with van der Waals surface area (Å²) in [5.41, 5.74) is 0. The smallest absolute Gasteiger partial charge is 0.133 e. The average molecular weight is 142 g/mol. The molecule has 10 heavy (non-hydrogen) atoms. The molecule has 0 amide bonds. The van der Waals surface area contributed by atoms with Crippen molar-refractivity contribution in [3.8, 4) is 0 Å². The molecule has 0 spiro atoms. The molecule has 1 saturated carbocycles. The lowest BCUT2D eigenvalue weighted by molar-refractivity contribution is -0.117. The van der Waals surface area contributed by atoms with Crippen LogP contribution in [0.15, 0.2) is 0 Å². The summed E-state index contributed by atoms with van der Waals surface area (Å²) >= 11 is 0. The van der Waals surface area contributed by atoms with Crippen molar-refractivity contribution in [1.29, 1.82) is 0 Å². The van der Waals surface area contributed by atoms with E-state index in [0.717, 1.165) is 12.8 Å². The molecule has 0 aromatic rings. The maximum Gasteiger partial charge on any atom is 0.133 e. The first kappa shape index (κ1) is 7.73. The predicted octanol–water partition coefficient (Wildman–Crippen LogP) is 1.13. The quantitative estimate of drug-likeness (QED) is 0.627.